The fourth-order valence-corrected chi connectivity index (χ4v) is 2.34. The van der Waals surface area contributed by atoms with E-state index in [1.54, 1.807) is 0 Å². The maximum atomic E-state index is 13.3. The van der Waals surface area contributed by atoms with Crippen molar-refractivity contribution in [3.05, 3.63) is 29.6 Å². The van der Waals surface area contributed by atoms with Crippen molar-refractivity contribution < 1.29 is 13.9 Å². The Morgan fingerprint density at radius 3 is 2.90 bits per heavy atom. The molecule has 0 atom stereocenters. The van der Waals surface area contributed by atoms with Crippen LogP contribution in [-0.4, -0.2) is 57.2 Å². The molecule has 6 heteroatoms. The van der Waals surface area contributed by atoms with E-state index in [1.807, 2.05) is 0 Å². The van der Waals surface area contributed by atoms with Crippen LogP contribution in [0, 0.1) is 5.82 Å². The van der Waals surface area contributed by atoms with Gasteiger partial charge in [-0.3, -0.25) is 4.79 Å². The minimum atomic E-state index is -0.465. The van der Waals surface area contributed by atoms with Crippen LogP contribution in [0.25, 0.3) is 0 Å². The van der Waals surface area contributed by atoms with Gasteiger partial charge in [-0.15, -0.1) is 0 Å². The minimum Gasteiger partial charge on any atom is -0.494 e. The van der Waals surface area contributed by atoms with E-state index in [9.17, 15) is 9.18 Å². The molecule has 1 saturated heterocycles. The van der Waals surface area contributed by atoms with Crippen molar-refractivity contribution in [2.24, 2.45) is 0 Å². The van der Waals surface area contributed by atoms with Crippen molar-refractivity contribution in [2.75, 3.05) is 46.4 Å². The lowest BCUT2D eigenvalue weighted by Crippen LogP contribution is -2.44. The van der Waals surface area contributed by atoms with E-state index in [0.29, 0.717) is 12.1 Å². The van der Waals surface area contributed by atoms with Gasteiger partial charge in [-0.1, -0.05) is 0 Å². The van der Waals surface area contributed by atoms with Gasteiger partial charge in [0, 0.05) is 38.3 Å². The Kier molecular flexibility index (Phi) is 5.95. The number of nitrogens with one attached hydrogen (secondary N) is 2. The van der Waals surface area contributed by atoms with Crippen LogP contribution in [0.15, 0.2) is 18.2 Å². The van der Waals surface area contributed by atoms with Crippen LogP contribution in [0.3, 0.4) is 0 Å². The van der Waals surface area contributed by atoms with Crippen LogP contribution in [0.1, 0.15) is 16.8 Å². The molecule has 0 aliphatic carbocycles. The second-order valence-electron chi connectivity index (χ2n) is 5.05. The number of carbonyl (C=O) groups is 1. The van der Waals surface area contributed by atoms with Gasteiger partial charge >= 0.3 is 0 Å². The number of amides is 1. The molecule has 1 aliphatic heterocycles. The average Bonchev–Trinajstić information content (AvgIpc) is 2.53. The van der Waals surface area contributed by atoms with Crippen molar-refractivity contribution in [3.8, 4) is 5.75 Å². The lowest BCUT2D eigenvalue weighted by Gasteiger charge is -2.27. The van der Waals surface area contributed by atoms with E-state index < -0.39 is 5.82 Å². The summed E-state index contributed by atoms with van der Waals surface area (Å²) in [4.78, 5) is 14.3. The van der Waals surface area contributed by atoms with Crippen molar-refractivity contribution in [1.29, 1.82) is 0 Å². The third kappa shape index (κ3) is 4.68. The summed E-state index contributed by atoms with van der Waals surface area (Å²) in [6.45, 7) is 5.77. The first kappa shape index (κ1) is 15.7. The number of rotatable bonds is 6. The minimum absolute atomic E-state index is 0.0865. The van der Waals surface area contributed by atoms with Crippen molar-refractivity contribution in [3.63, 3.8) is 0 Å². The van der Waals surface area contributed by atoms with Crippen LogP contribution in [-0.2, 0) is 0 Å². The SMILES string of the molecule is COc1cc(C(=O)NCCCN2CCNCC2)ccc1F. The second-order valence-corrected chi connectivity index (χ2v) is 5.05. The summed E-state index contributed by atoms with van der Waals surface area (Å²) in [6, 6.07) is 4.12. The zero-order chi connectivity index (χ0) is 15.1. The molecule has 1 amide bonds. The molecule has 1 fully saturated rings. The average molecular weight is 295 g/mol. The van der Waals surface area contributed by atoms with Gasteiger partial charge in [0.2, 0.25) is 0 Å². The van der Waals surface area contributed by atoms with Gasteiger partial charge in [0.15, 0.2) is 11.6 Å². The quantitative estimate of drug-likeness (QED) is 0.764. The fourth-order valence-electron chi connectivity index (χ4n) is 2.34. The highest BCUT2D eigenvalue weighted by atomic mass is 19.1. The summed E-state index contributed by atoms with van der Waals surface area (Å²) in [7, 11) is 1.38. The molecule has 2 N–H and O–H groups in total. The fraction of sp³-hybridized carbons (Fsp3) is 0.533. The number of hydrogen-bond acceptors (Lipinski definition) is 4. The molecule has 5 nitrogen and oxygen atoms in total. The van der Waals surface area contributed by atoms with E-state index >= 15 is 0 Å². The molecule has 0 aromatic heterocycles. The number of piperazine rings is 1. The van der Waals surface area contributed by atoms with Crippen LogP contribution >= 0.6 is 0 Å². The molecule has 1 aliphatic rings. The number of halogens is 1. The molecule has 116 valence electrons. The highest BCUT2D eigenvalue weighted by Crippen LogP contribution is 2.17. The maximum Gasteiger partial charge on any atom is 0.251 e. The van der Waals surface area contributed by atoms with Gasteiger partial charge in [0.25, 0.3) is 5.91 Å². The van der Waals surface area contributed by atoms with Gasteiger partial charge in [0.05, 0.1) is 7.11 Å². The Hall–Kier alpha value is -1.66. The Morgan fingerprint density at radius 1 is 1.43 bits per heavy atom. The Balaban J connectivity index is 1.74. The summed E-state index contributed by atoms with van der Waals surface area (Å²) in [5.41, 5.74) is 0.412. The van der Waals surface area contributed by atoms with Gasteiger partial charge in [-0.05, 0) is 31.2 Å². The predicted molar refractivity (Wildman–Crippen MR) is 79.2 cm³/mol. The standard InChI is InChI=1S/C15H22FN3O2/c1-21-14-11-12(3-4-13(14)16)15(20)18-5-2-8-19-9-6-17-7-10-19/h3-4,11,17H,2,5-10H2,1H3,(H,18,20). The molecule has 1 heterocycles. The number of methoxy groups -OCH3 is 1. The molecule has 0 radical (unpaired) electrons. The van der Waals surface area contributed by atoms with E-state index in [4.69, 9.17) is 4.74 Å². The molecule has 0 saturated carbocycles. The summed E-state index contributed by atoms with van der Waals surface area (Å²) in [5, 5.41) is 6.16. The van der Waals surface area contributed by atoms with Crippen molar-refractivity contribution in [2.45, 2.75) is 6.42 Å². The number of ether oxygens (including phenoxy) is 1. The zero-order valence-corrected chi connectivity index (χ0v) is 12.3. The predicted octanol–water partition coefficient (Wildman–Crippen LogP) is 0.859. The molecule has 0 bridgehead atoms. The zero-order valence-electron chi connectivity index (χ0n) is 12.3. The lowest BCUT2D eigenvalue weighted by molar-refractivity contribution is 0.0951. The molecule has 1 aromatic rings. The van der Waals surface area contributed by atoms with E-state index in [-0.39, 0.29) is 11.7 Å². The maximum absolute atomic E-state index is 13.3. The normalized spacial score (nSPS) is 15.7. The highest BCUT2D eigenvalue weighted by Gasteiger charge is 2.11. The Bertz CT molecular complexity index is 476. The first-order valence-electron chi connectivity index (χ1n) is 7.25. The van der Waals surface area contributed by atoms with E-state index in [0.717, 1.165) is 39.1 Å². The lowest BCUT2D eigenvalue weighted by atomic mass is 10.2. The monoisotopic (exact) mass is 295 g/mol. The molecule has 0 spiro atoms. The topological polar surface area (TPSA) is 53.6 Å². The van der Waals surface area contributed by atoms with Crippen LogP contribution < -0.4 is 15.4 Å². The smallest absolute Gasteiger partial charge is 0.251 e. The van der Waals surface area contributed by atoms with Gasteiger partial charge in [0.1, 0.15) is 0 Å². The molecule has 21 heavy (non-hydrogen) atoms. The number of carbonyl (C=O) groups excluding carboxylic acids is 1. The molecule has 1 aromatic carbocycles. The van der Waals surface area contributed by atoms with Crippen molar-refractivity contribution in [1.82, 2.24) is 15.5 Å². The van der Waals surface area contributed by atoms with Gasteiger partial charge in [-0.2, -0.15) is 0 Å². The first-order chi connectivity index (χ1) is 10.2. The van der Waals surface area contributed by atoms with E-state index in [2.05, 4.69) is 15.5 Å². The molecule has 2 rings (SSSR count). The van der Waals surface area contributed by atoms with Crippen LogP contribution in [0.4, 0.5) is 4.39 Å². The number of nitrogens with zero attached hydrogens (tertiary/aromatic N) is 1. The molecule has 0 unspecified atom stereocenters. The number of hydrogen-bond donors (Lipinski definition) is 2. The second kappa shape index (κ2) is 7.95. The molecular weight excluding hydrogens is 273 g/mol. The summed E-state index contributed by atoms with van der Waals surface area (Å²) in [6.07, 6.45) is 0.907. The Morgan fingerprint density at radius 2 is 2.19 bits per heavy atom. The van der Waals surface area contributed by atoms with Gasteiger partial charge < -0.3 is 20.3 Å². The first-order valence-corrected chi connectivity index (χ1v) is 7.25. The molecular formula is C15H22FN3O2. The third-order valence-electron chi connectivity index (χ3n) is 3.56. The summed E-state index contributed by atoms with van der Waals surface area (Å²) in [5.74, 6) is -0.579. The summed E-state index contributed by atoms with van der Waals surface area (Å²) >= 11 is 0. The van der Waals surface area contributed by atoms with E-state index in [1.165, 1.54) is 25.3 Å². The highest BCUT2D eigenvalue weighted by molar-refractivity contribution is 5.94. The van der Waals surface area contributed by atoms with Crippen LogP contribution in [0.5, 0.6) is 5.75 Å². The largest absolute Gasteiger partial charge is 0.494 e. The van der Waals surface area contributed by atoms with Gasteiger partial charge in [-0.25, -0.2) is 4.39 Å². The van der Waals surface area contributed by atoms with Crippen LogP contribution in [0.2, 0.25) is 0 Å². The summed E-state index contributed by atoms with van der Waals surface area (Å²) < 4.78 is 18.2. The third-order valence-corrected chi connectivity index (χ3v) is 3.56. The number of benzene rings is 1. The van der Waals surface area contributed by atoms with Crippen molar-refractivity contribution >= 4 is 5.91 Å². The Labute approximate surface area is 124 Å².